The molecule has 102 valence electrons. The van der Waals surface area contributed by atoms with Gasteiger partial charge in [0, 0.05) is 5.92 Å². The lowest BCUT2D eigenvalue weighted by Crippen LogP contribution is -2.48. The van der Waals surface area contributed by atoms with Crippen molar-refractivity contribution in [3.05, 3.63) is 0 Å². The molecule has 0 N–H and O–H groups in total. The number of ketones is 1. The first-order chi connectivity index (χ1) is 8.48. The van der Waals surface area contributed by atoms with Crippen LogP contribution in [0.25, 0.3) is 0 Å². The predicted molar refractivity (Wildman–Crippen MR) is 63.7 cm³/mol. The molecule has 0 amide bonds. The largest absolute Gasteiger partial charge is 0.468 e. The summed E-state index contributed by atoms with van der Waals surface area (Å²) in [6, 6.07) is 0. The molecule has 1 rings (SSSR count). The Kier molecular flexibility index (Phi) is 4.87. The second kappa shape index (κ2) is 5.98. The summed E-state index contributed by atoms with van der Waals surface area (Å²) in [5, 5.41) is 0. The Morgan fingerprint density at radius 2 is 1.39 bits per heavy atom. The van der Waals surface area contributed by atoms with E-state index in [0.29, 0.717) is 0 Å². The van der Waals surface area contributed by atoms with Gasteiger partial charge in [0.2, 0.25) is 5.41 Å². The van der Waals surface area contributed by atoms with Crippen molar-refractivity contribution >= 4 is 17.7 Å². The van der Waals surface area contributed by atoms with Gasteiger partial charge in [-0.3, -0.25) is 14.4 Å². The summed E-state index contributed by atoms with van der Waals surface area (Å²) < 4.78 is 9.18. The molecule has 0 spiro atoms. The number of Topliss-reactive ketones (excluding diaryl/α,β-unsaturated/α-hetero) is 1. The smallest absolute Gasteiger partial charge is 0.330 e. The maximum atomic E-state index is 12.4. The van der Waals surface area contributed by atoms with Gasteiger partial charge in [-0.1, -0.05) is 19.3 Å². The Balaban J connectivity index is 2.98. The van der Waals surface area contributed by atoms with E-state index in [1.165, 1.54) is 6.92 Å². The van der Waals surface area contributed by atoms with E-state index >= 15 is 0 Å². The van der Waals surface area contributed by atoms with Crippen molar-refractivity contribution in [2.75, 3.05) is 14.2 Å². The molecule has 0 aromatic rings. The molecule has 1 fully saturated rings. The van der Waals surface area contributed by atoms with E-state index in [9.17, 15) is 14.4 Å². The highest BCUT2D eigenvalue weighted by Crippen LogP contribution is 2.33. The molecule has 0 atom stereocenters. The maximum absolute atomic E-state index is 12.4. The zero-order chi connectivity index (χ0) is 13.8. The van der Waals surface area contributed by atoms with Crippen molar-refractivity contribution < 1.29 is 23.9 Å². The van der Waals surface area contributed by atoms with Crippen LogP contribution in [-0.2, 0) is 23.9 Å². The highest BCUT2D eigenvalue weighted by Gasteiger charge is 2.52. The third-order valence-corrected chi connectivity index (χ3v) is 3.66. The lowest BCUT2D eigenvalue weighted by atomic mass is 9.74. The van der Waals surface area contributed by atoms with E-state index in [2.05, 4.69) is 9.47 Å². The summed E-state index contributed by atoms with van der Waals surface area (Å²) in [6.07, 6.45) is 4.45. The molecule has 1 aliphatic carbocycles. The molecule has 5 heteroatoms. The van der Waals surface area contributed by atoms with Gasteiger partial charge in [-0.05, 0) is 19.8 Å². The molecule has 1 aliphatic rings. The number of hydrogen-bond donors (Lipinski definition) is 0. The van der Waals surface area contributed by atoms with Crippen LogP contribution in [0.2, 0.25) is 0 Å². The van der Waals surface area contributed by atoms with Gasteiger partial charge < -0.3 is 9.47 Å². The monoisotopic (exact) mass is 256 g/mol. The Bertz CT molecular complexity index is 325. The molecule has 0 aromatic heterocycles. The van der Waals surface area contributed by atoms with Gasteiger partial charge in [0.1, 0.15) is 0 Å². The number of carbonyl (C=O) groups is 3. The Labute approximate surface area is 107 Å². The summed E-state index contributed by atoms with van der Waals surface area (Å²) in [4.78, 5) is 36.0. The van der Waals surface area contributed by atoms with Crippen molar-refractivity contribution in [1.82, 2.24) is 0 Å². The third kappa shape index (κ3) is 2.54. The van der Waals surface area contributed by atoms with Crippen LogP contribution >= 0.6 is 0 Å². The SMILES string of the molecule is COC(=O)C(C)(C(=O)OC)C(=O)C1CCCCC1. The van der Waals surface area contributed by atoms with Gasteiger partial charge in [0.05, 0.1) is 14.2 Å². The summed E-state index contributed by atoms with van der Waals surface area (Å²) >= 11 is 0. The van der Waals surface area contributed by atoms with Gasteiger partial charge in [-0.25, -0.2) is 0 Å². The molecule has 0 radical (unpaired) electrons. The summed E-state index contributed by atoms with van der Waals surface area (Å²) in [5.74, 6) is -2.31. The van der Waals surface area contributed by atoms with Crippen molar-refractivity contribution in [2.24, 2.45) is 11.3 Å². The fourth-order valence-electron chi connectivity index (χ4n) is 2.47. The van der Waals surface area contributed by atoms with E-state index in [4.69, 9.17) is 0 Å². The van der Waals surface area contributed by atoms with Gasteiger partial charge in [-0.15, -0.1) is 0 Å². The van der Waals surface area contributed by atoms with E-state index in [-0.39, 0.29) is 11.7 Å². The standard InChI is InChI=1S/C13H20O5/c1-13(11(15)17-2,12(16)18-3)10(14)9-7-5-4-6-8-9/h9H,4-8H2,1-3H3. The van der Waals surface area contributed by atoms with E-state index in [1.807, 2.05) is 0 Å². The van der Waals surface area contributed by atoms with Crippen LogP contribution in [-0.4, -0.2) is 31.9 Å². The van der Waals surface area contributed by atoms with Crippen LogP contribution in [0.4, 0.5) is 0 Å². The predicted octanol–water partition coefficient (Wildman–Crippen LogP) is 1.49. The van der Waals surface area contributed by atoms with Crippen LogP contribution in [0, 0.1) is 11.3 Å². The lowest BCUT2D eigenvalue weighted by Gasteiger charge is -2.29. The van der Waals surface area contributed by atoms with Gasteiger partial charge in [0.25, 0.3) is 0 Å². The van der Waals surface area contributed by atoms with Crippen LogP contribution in [0.1, 0.15) is 39.0 Å². The molecular formula is C13H20O5. The fourth-order valence-corrected chi connectivity index (χ4v) is 2.47. The molecule has 1 saturated carbocycles. The fraction of sp³-hybridized carbons (Fsp3) is 0.769. The molecule has 0 bridgehead atoms. The molecule has 0 aromatic carbocycles. The molecule has 5 nitrogen and oxygen atoms in total. The number of methoxy groups -OCH3 is 2. The van der Waals surface area contributed by atoms with Crippen molar-refractivity contribution in [1.29, 1.82) is 0 Å². The molecule has 0 saturated heterocycles. The highest BCUT2D eigenvalue weighted by molar-refractivity contribution is 6.20. The number of hydrogen-bond acceptors (Lipinski definition) is 5. The van der Waals surface area contributed by atoms with Gasteiger partial charge in [-0.2, -0.15) is 0 Å². The van der Waals surface area contributed by atoms with Crippen molar-refractivity contribution in [2.45, 2.75) is 39.0 Å². The second-order valence-electron chi connectivity index (χ2n) is 4.81. The molecular weight excluding hydrogens is 236 g/mol. The topological polar surface area (TPSA) is 69.7 Å². The normalized spacial score (nSPS) is 17.1. The average Bonchev–Trinajstić information content (AvgIpc) is 2.44. The quantitative estimate of drug-likeness (QED) is 0.563. The zero-order valence-corrected chi connectivity index (χ0v) is 11.2. The van der Waals surface area contributed by atoms with Gasteiger partial charge >= 0.3 is 11.9 Å². The van der Waals surface area contributed by atoms with Crippen LogP contribution in [0.3, 0.4) is 0 Å². The van der Waals surface area contributed by atoms with E-state index < -0.39 is 17.4 Å². The summed E-state index contributed by atoms with van der Waals surface area (Å²) in [7, 11) is 2.33. The average molecular weight is 256 g/mol. The summed E-state index contributed by atoms with van der Waals surface area (Å²) in [5.41, 5.74) is -1.83. The highest BCUT2D eigenvalue weighted by atomic mass is 16.5. The first-order valence-electron chi connectivity index (χ1n) is 6.19. The maximum Gasteiger partial charge on any atom is 0.330 e. The zero-order valence-electron chi connectivity index (χ0n) is 11.2. The second-order valence-corrected chi connectivity index (χ2v) is 4.81. The Morgan fingerprint density at radius 1 is 0.944 bits per heavy atom. The minimum Gasteiger partial charge on any atom is -0.468 e. The van der Waals surface area contributed by atoms with Crippen molar-refractivity contribution in [3.8, 4) is 0 Å². The number of esters is 2. The first kappa shape index (κ1) is 14.7. The van der Waals surface area contributed by atoms with Crippen molar-refractivity contribution in [3.63, 3.8) is 0 Å². The minimum atomic E-state index is -1.83. The van der Waals surface area contributed by atoms with Gasteiger partial charge in [0.15, 0.2) is 5.78 Å². The third-order valence-electron chi connectivity index (χ3n) is 3.66. The number of rotatable bonds is 4. The van der Waals surface area contributed by atoms with Crippen LogP contribution in [0.15, 0.2) is 0 Å². The van der Waals surface area contributed by atoms with E-state index in [1.54, 1.807) is 0 Å². The van der Waals surface area contributed by atoms with Crippen LogP contribution < -0.4 is 0 Å². The molecule has 0 heterocycles. The van der Waals surface area contributed by atoms with E-state index in [0.717, 1.165) is 46.3 Å². The van der Waals surface area contributed by atoms with Crippen LogP contribution in [0.5, 0.6) is 0 Å². The molecule has 18 heavy (non-hydrogen) atoms. The number of ether oxygens (including phenoxy) is 2. The molecule has 0 unspecified atom stereocenters. The molecule has 0 aliphatic heterocycles. The number of carbonyl (C=O) groups excluding carboxylic acids is 3. The lowest BCUT2D eigenvalue weighted by molar-refractivity contribution is -0.172. The Morgan fingerprint density at radius 3 is 1.78 bits per heavy atom. The summed E-state index contributed by atoms with van der Waals surface area (Å²) in [6.45, 7) is 1.29. The Hall–Kier alpha value is -1.39. The minimum absolute atomic E-state index is 0.248. The first-order valence-corrected chi connectivity index (χ1v) is 6.19.